The van der Waals surface area contributed by atoms with Gasteiger partial charge in [-0.05, 0) is 51.9 Å². The van der Waals surface area contributed by atoms with Gasteiger partial charge in [0.25, 0.3) is 0 Å². The third-order valence-electron chi connectivity index (χ3n) is 4.39. The second-order valence-corrected chi connectivity index (χ2v) is 7.34. The first-order valence-corrected chi connectivity index (χ1v) is 8.63. The van der Waals surface area contributed by atoms with E-state index in [1.165, 1.54) is 25.7 Å². The summed E-state index contributed by atoms with van der Waals surface area (Å²) in [5.41, 5.74) is -0.526. The molecule has 0 amide bonds. The first-order valence-electron chi connectivity index (χ1n) is 8.63. The van der Waals surface area contributed by atoms with E-state index in [-0.39, 0.29) is 5.97 Å². The van der Waals surface area contributed by atoms with Crippen LogP contribution < -0.4 is 5.32 Å². The van der Waals surface area contributed by atoms with Gasteiger partial charge in [-0.3, -0.25) is 10.1 Å². The maximum Gasteiger partial charge on any atom is 0.326 e. The first-order chi connectivity index (χ1) is 9.94. The van der Waals surface area contributed by atoms with Crippen molar-refractivity contribution in [1.29, 1.82) is 0 Å². The van der Waals surface area contributed by atoms with Crippen LogP contribution in [-0.4, -0.2) is 48.2 Å². The van der Waals surface area contributed by atoms with Crippen LogP contribution in [0.2, 0.25) is 0 Å². The molecule has 122 valence electrons. The van der Waals surface area contributed by atoms with Gasteiger partial charge < -0.3 is 9.64 Å². The van der Waals surface area contributed by atoms with Crippen molar-refractivity contribution in [3.63, 3.8) is 0 Å². The first kappa shape index (κ1) is 16.8. The Bertz CT molecular complexity index is 351. The van der Waals surface area contributed by atoms with Gasteiger partial charge in [-0.1, -0.05) is 13.8 Å². The van der Waals surface area contributed by atoms with E-state index in [1.807, 2.05) is 13.8 Å². The van der Waals surface area contributed by atoms with Crippen molar-refractivity contribution in [2.45, 2.75) is 77.4 Å². The molecular weight excluding hydrogens is 264 g/mol. The average Bonchev–Trinajstić information content (AvgIpc) is 3.27. The van der Waals surface area contributed by atoms with E-state index in [4.69, 9.17) is 4.74 Å². The smallest absolute Gasteiger partial charge is 0.326 e. The molecule has 21 heavy (non-hydrogen) atoms. The molecule has 0 aliphatic heterocycles. The van der Waals surface area contributed by atoms with Crippen LogP contribution in [0.1, 0.15) is 59.8 Å². The predicted molar refractivity (Wildman–Crippen MR) is 85.2 cm³/mol. The van der Waals surface area contributed by atoms with E-state index < -0.39 is 5.54 Å². The van der Waals surface area contributed by atoms with Gasteiger partial charge in [-0.15, -0.1) is 0 Å². The normalized spacial score (nSPS) is 21.6. The summed E-state index contributed by atoms with van der Waals surface area (Å²) in [6.45, 7) is 11.0. The summed E-state index contributed by atoms with van der Waals surface area (Å²) in [4.78, 5) is 14.9. The molecule has 0 aromatic rings. The average molecular weight is 296 g/mol. The van der Waals surface area contributed by atoms with Crippen LogP contribution in [-0.2, 0) is 9.53 Å². The van der Waals surface area contributed by atoms with Crippen molar-refractivity contribution < 1.29 is 9.53 Å². The van der Waals surface area contributed by atoms with Crippen molar-refractivity contribution >= 4 is 5.97 Å². The molecule has 2 aliphatic rings. The lowest BCUT2D eigenvalue weighted by Gasteiger charge is -2.32. The summed E-state index contributed by atoms with van der Waals surface area (Å²) in [5.74, 6) is 0.591. The van der Waals surface area contributed by atoms with Gasteiger partial charge >= 0.3 is 5.97 Å². The maximum atomic E-state index is 12.3. The molecule has 4 heteroatoms. The summed E-state index contributed by atoms with van der Waals surface area (Å²) in [6, 6.07) is 1.26. The molecule has 2 fully saturated rings. The second-order valence-electron chi connectivity index (χ2n) is 7.34. The van der Waals surface area contributed by atoms with Crippen LogP contribution >= 0.6 is 0 Å². The molecule has 0 bridgehead atoms. The van der Waals surface area contributed by atoms with Crippen molar-refractivity contribution in [2.75, 3.05) is 19.7 Å². The molecule has 0 heterocycles. The molecule has 2 saturated carbocycles. The van der Waals surface area contributed by atoms with Crippen LogP contribution in [0.4, 0.5) is 0 Å². The van der Waals surface area contributed by atoms with Gasteiger partial charge in [0.05, 0.1) is 6.61 Å². The Morgan fingerprint density at radius 2 is 2.00 bits per heavy atom. The highest BCUT2D eigenvalue weighted by atomic mass is 16.5. The fourth-order valence-electron chi connectivity index (χ4n) is 2.90. The number of esters is 1. The minimum absolute atomic E-state index is 0.0859. The molecule has 0 aromatic carbocycles. The monoisotopic (exact) mass is 296 g/mol. The molecular formula is C17H32N2O2. The van der Waals surface area contributed by atoms with Gasteiger partial charge in [-0.25, -0.2) is 0 Å². The van der Waals surface area contributed by atoms with Crippen molar-refractivity contribution in [1.82, 2.24) is 10.2 Å². The number of nitrogens with one attached hydrogen (secondary N) is 1. The Morgan fingerprint density at radius 3 is 2.48 bits per heavy atom. The Morgan fingerprint density at radius 1 is 1.33 bits per heavy atom. The Balaban J connectivity index is 1.91. The number of rotatable bonds is 10. The molecule has 1 atom stereocenters. The largest absolute Gasteiger partial charge is 0.465 e. The fourth-order valence-corrected chi connectivity index (χ4v) is 2.90. The molecule has 0 aromatic heterocycles. The van der Waals surface area contributed by atoms with E-state index >= 15 is 0 Å². The lowest BCUT2D eigenvalue weighted by Crippen LogP contribution is -2.53. The number of hydrogen-bond acceptors (Lipinski definition) is 4. The third kappa shape index (κ3) is 5.26. The molecule has 1 unspecified atom stereocenters. The molecule has 1 N–H and O–H groups in total. The third-order valence-corrected chi connectivity index (χ3v) is 4.39. The predicted octanol–water partition coefficient (Wildman–Crippen LogP) is 2.57. The van der Waals surface area contributed by atoms with Crippen LogP contribution in [0.15, 0.2) is 0 Å². The number of carbonyl (C=O) groups is 1. The zero-order valence-electron chi connectivity index (χ0n) is 14.2. The van der Waals surface area contributed by atoms with Crippen LogP contribution in [0, 0.1) is 5.92 Å². The van der Waals surface area contributed by atoms with Gasteiger partial charge in [0, 0.05) is 25.2 Å². The number of hydrogen-bond donors (Lipinski definition) is 1. The van der Waals surface area contributed by atoms with E-state index in [0.29, 0.717) is 18.6 Å². The standard InChI is InChI=1S/C17H32N2O2/c1-5-21-16(20)17(4,18-14-6-7-14)10-11-19(12-13(2)3)15-8-9-15/h13-15,18H,5-12H2,1-4H3. The fraction of sp³-hybridized carbons (Fsp3) is 0.941. The maximum absolute atomic E-state index is 12.3. The lowest BCUT2D eigenvalue weighted by molar-refractivity contribution is -0.151. The highest BCUT2D eigenvalue weighted by molar-refractivity contribution is 5.80. The Kier molecular flexibility index (Phi) is 5.67. The molecule has 0 radical (unpaired) electrons. The van der Waals surface area contributed by atoms with Crippen LogP contribution in [0.5, 0.6) is 0 Å². The summed E-state index contributed by atoms with van der Waals surface area (Å²) < 4.78 is 5.31. The van der Waals surface area contributed by atoms with E-state index in [9.17, 15) is 4.79 Å². The molecule has 4 nitrogen and oxygen atoms in total. The second kappa shape index (κ2) is 7.10. The number of carbonyl (C=O) groups excluding carboxylic acids is 1. The summed E-state index contributed by atoms with van der Waals surface area (Å²) in [6.07, 6.45) is 5.85. The van der Waals surface area contributed by atoms with Crippen molar-refractivity contribution in [2.24, 2.45) is 5.92 Å². The topological polar surface area (TPSA) is 41.6 Å². The van der Waals surface area contributed by atoms with Gasteiger partial charge in [0.15, 0.2) is 0 Å². The van der Waals surface area contributed by atoms with Crippen LogP contribution in [0.3, 0.4) is 0 Å². The highest BCUT2D eigenvalue weighted by Gasteiger charge is 2.40. The van der Waals surface area contributed by atoms with Gasteiger partial charge in [0.1, 0.15) is 5.54 Å². The molecule has 2 aliphatic carbocycles. The van der Waals surface area contributed by atoms with Gasteiger partial charge in [-0.2, -0.15) is 0 Å². The van der Waals surface area contributed by atoms with E-state index in [0.717, 1.165) is 25.6 Å². The molecule has 0 spiro atoms. The highest BCUT2D eigenvalue weighted by Crippen LogP contribution is 2.30. The summed E-state index contributed by atoms with van der Waals surface area (Å²) >= 11 is 0. The Labute approximate surface area is 129 Å². The van der Waals surface area contributed by atoms with Crippen molar-refractivity contribution in [3.05, 3.63) is 0 Å². The van der Waals surface area contributed by atoms with Crippen molar-refractivity contribution in [3.8, 4) is 0 Å². The summed E-state index contributed by atoms with van der Waals surface area (Å²) in [5, 5.41) is 3.52. The quantitative estimate of drug-likeness (QED) is 0.629. The van der Waals surface area contributed by atoms with Crippen LogP contribution in [0.25, 0.3) is 0 Å². The Hall–Kier alpha value is -0.610. The van der Waals surface area contributed by atoms with E-state index in [1.54, 1.807) is 0 Å². The molecule has 2 rings (SSSR count). The number of ether oxygens (including phenoxy) is 1. The SMILES string of the molecule is CCOC(=O)C(C)(CCN(CC(C)C)C1CC1)NC1CC1. The van der Waals surface area contributed by atoms with Gasteiger partial charge in [0.2, 0.25) is 0 Å². The number of nitrogens with zero attached hydrogens (tertiary/aromatic N) is 1. The zero-order chi connectivity index (χ0) is 15.5. The minimum atomic E-state index is -0.526. The van der Waals surface area contributed by atoms with E-state index in [2.05, 4.69) is 24.1 Å². The zero-order valence-corrected chi connectivity index (χ0v) is 14.2. The minimum Gasteiger partial charge on any atom is -0.465 e. The lowest BCUT2D eigenvalue weighted by atomic mass is 9.96. The molecule has 0 saturated heterocycles. The summed E-state index contributed by atoms with van der Waals surface area (Å²) in [7, 11) is 0.